The van der Waals surface area contributed by atoms with Crippen LogP contribution in [0.3, 0.4) is 0 Å². The maximum absolute atomic E-state index is 12.6. The van der Waals surface area contributed by atoms with Gasteiger partial charge in [0.05, 0.1) is 10.6 Å². The zero-order chi connectivity index (χ0) is 13.4. The first kappa shape index (κ1) is 12.8. The third-order valence-corrected chi connectivity index (χ3v) is 5.00. The van der Waals surface area contributed by atoms with Crippen molar-refractivity contribution in [2.45, 2.75) is 24.5 Å². The second kappa shape index (κ2) is 5.06. The lowest BCUT2D eigenvalue weighted by Gasteiger charge is -2.17. The Morgan fingerprint density at radius 2 is 2.05 bits per heavy atom. The van der Waals surface area contributed by atoms with E-state index in [0.717, 1.165) is 18.4 Å². The minimum Gasteiger partial charge on any atom is -0.393 e. The largest absolute Gasteiger partial charge is 0.393 e. The Morgan fingerprint density at radius 1 is 1.32 bits per heavy atom. The highest BCUT2D eigenvalue weighted by atomic mass is 35.5. The van der Waals surface area contributed by atoms with Crippen LogP contribution in [0.15, 0.2) is 46.5 Å². The van der Waals surface area contributed by atoms with Gasteiger partial charge >= 0.3 is 0 Å². The molecule has 2 aliphatic rings. The first-order valence-corrected chi connectivity index (χ1v) is 7.59. The van der Waals surface area contributed by atoms with Gasteiger partial charge in [-0.3, -0.25) is 4.79 Å². The molecule has 1 heterocycles. The number of thioether (sulfide) groups is 1. The second-order valence-electron chi connectivity index (χ2n) is 4.77. The van der Waals surface area contributed by atoms with Crippen LogP contribution in [0, 0.1) is 0 Å². The van der Waals surface area contributed by atoms with Crippen LogP contribution in [0.25, 0.3) is 0 Å². The van der Waals surface area contributed by atoms with E-state index in [4.69, 9.17) is 17.3 Å². The summed E-state index contributed by atoms with van der Waals surface area (Å²) in [4.78, 5) is 12.6. The highest BCUT2D eigenvalue weighted by molar-refractivity contribution is 8.04. The average Bonchev–Trinajstić information content (AvgIpc) is 2.74. The van der Waals surface area contributed by atoms with Crippen LogP contribution in [-0.2, 0) is 0 Å². The van der Waals surface area contributed by atoms with Gasteiger partial charge in [-0.25, -0.2) is 0 Å². The van der Waals surface area contributed by atoms with Crippen LogP contribution in [0.4, 0.5) is 0 Å². The summed E-state index contributed by atoms with van der Waals surface area (Å²) in [6.07, 6.45) is 5.49. The minimum atomic E-state index is 0.0114. The quantitative estimate of drug-likeness (QED) is 0.840. The van der Waals surface area contributed by atoms with E-state index >= 15 is 0 Å². The Kier molecular flexibility index (Phi) is 3.42. The van der Waals surface area contributed by atoms with Crippen molar-refractivity contribution >= 4 is 29.1 Å². The van der Waals surface area contributed by atoms with Crippen LogP contribution in [0.5, 0.6) is 0 Å². The molecule has 1 aliphatic heterocycles. The summed E-state index contributed by atoms with van der Waals surface area (Å²) >= 11 is 7.48. The molecule has 1 unspecified atom stereocenters. The molecule has 98 valence electrons. The predicted octanol–water partition coefficient (Wildman–Crippen LogP) is 3.92. The molecule has 1 atom stereocenters. The summed E-state index contributed by atoms with van der Waals surface area (Å²) in [6.45, 7) is 0. The Morgan fingerprint density at radius 3 is 2.79 bits per heavy atom. The number of benzene rings is 1. The molecule has 1 aliphatic carbocycles. The number of rotatable bonds is 2. The van der Waals surface area contributed by atoms with Gasteiger partial charge in [-0.15, -0.1) is 11.8 Å². The monoisotopic (exact) mass is 291 g/mol. The Labute approximate surface area is 121 Å². The fraction of sp³-hybridized carbons (Fsp3) is 0.267. The Balaban J connectivity index is 1.97. The van der Waals surface area contributed by atoms with Gasteiger partial charge in [0.2, 0.25) is 0 Å². The fourth-order valence-corrected chi connectivity index (χ4v) is 3.96. The number of nitrogens with two attached hydrogens (primary N) is 1. The number of carbonyl (C=O) groups is 1. The third-order valence-electron chi connectivity index (χ3n) is 3.52. The van der Waals surface area contributed by atoms with Gasteiger partial charge in [0.25, 0.3) is 0 Å². The maximum Gasteiger partial charge on any atom is 0.195 e. The van der Waals surface area contributed by atoms with Gasteiger partial charge in [0.15, 0.2) is 5.78 Å². The Hall–Kier alpha value is -1.19. The first-order valence-electron chi connectivity index (χ1n) is 6.34. The molecular formula is C15H14ClNOS. The van der Waals surface area contributed by atoms with Gasteiger partial charge < -0.3 is 5.73 Å². The number of Topliss-reactive ketones (excluding diaryl/α,β-unsaturated/α-hetero) is 1. The molecule has 19 heavy (non-hydrogen) atoms. The number of hydrogen-bond acceptors (Lipinski definition) is 3. The highest BCUT2D eigenvalue weighted by Crippen LogP contribution is 2.45. The molecule has 3 rings (SSSR count). The molecule has 0 radical (unpaired) electrons. The number of halogens is 1. The van der Waals surface area contributed by atoms with Crippen molar-refractivity contribution in [3.8, 4) is 0 Å². The van der Waals surface area contributed by atoms with Crippen molar-refractivity contribution in [2.24, 2.45) is 5.73 Å². The van der Waals surface area contributed by atoms with Crippen molar-refractivity contribution in [3.05, 3.63) is 57.1 Å². The van der Waals surface area contributed by atoms with Gasteiger partial charge in [-0.05, 0) is 49.1 Å². The van der Waals surface area contributed by atoms with Crippen LogP contribution in [0.2, 0.25) is 5.02 Å². The molecule has 0 spiro atoms. The van der Waals surface area contributed by atoms with Gasteiger partial charge in [-0.2, -0.15) is 0 Å². The number of ketones is 1. The van der Waals surface area contributed by atoms with E-state index in [2.05, 4.69) is 6.08 Å². The standard InChI is InChI=1S/C15H14ClNOS/c16-10-7-5-9(6-8-10)14(18)13-11-3-1-2-4-12(11)19-15(13)17/h3,5-8,12H,1-2,4,17H2. The summed E-state index contributed by atoms with van der Waals surface area (Å²) in [5, 5.41) is 1.67. The average molecular weight is 292 g/mol. The predicted molar refractivity (Wildman–Crippen MR) is 80.3 cm³/mol. The lowest BCUT2D eigenvalue weighted by atomic mass is 9.89. The number of hydrogen-bond donors (Lipinski definition) is 1. The zero-order valence-corrected chi connectivity index (χ0v) is 11.9. The lowest BCUT2D eigenvalue weighted by molar-refractivity contribution is 0.103. The third kappa shape index (κ3) is 2.33. The topological polar surface area (TPSA) is 43.1 Å². The minimum absolute atomic E-state index is 0.0114. The number of fused-ring (bicyclic) bond motifs is 1. The number of carbonyl (C=O) groups excluding carboxylic acids is 1. The van der Waals surface area contributed by atoms with Crippen molar-refractivity contribution in [2.75, 3.05) is 0 Å². The molecule has 2 nitrogen and oxygen atoms in total. The van der Waals surface area contributed by atoms with Crippen molar-refractivity contribution in [1.29, 1.82) is 0 Å². The molecule has 1 aromatic rings. The molecular weight excluding hydrogens is 278 g/mol. The van der Waals surface area contributed by atoms with Crippen LogP contribution < -0.4 is 5.73 Å². The fourth-order valence-electron chi connectivity index (χ4n) is 2.58. The van der Waals surface area contributed by atoms with E-state index < -0.39 is 0 Å². The van der Waals surface area contributed by atoms with Crippen molar-refractivity contribution in [3.63, 3.8) is 0 Å². The second-order valence-corrected chi connectivity index (χ2v) is 6.45. The van der Waals surface area contributed by atoms with Crippen molar-refractivity contribution in [1.82, 2.24) is 0 Å². The molecule has 0 fully saturated rings. The molecule has 0 amide bonds. The van der Waals surface area contributed by atoms with Crippen LogP contribution >= 0.6 is 23.4 Å². The van der Waals surface area contributed by atoms with Gasteiger partial charge in [-0.1, -0.05) is 17.7 Å². The summed E-state index contributed by atoms with van der Waals surface area (Å²) in [5.74, 6) is 0.0114. The van der Waals surface area contributed by atoms with E-state index in [9.17, 15) is 4.79 Å². The van der Waals surface area contributed by atoms with E-state index in [1.54, 1.807) is 36.0 Å². The van der Waals surface area contributed by atoms with E-state index in [1.165, 1.54) is 6.42 Å². The molecule has 1 aromatic carbocycles. The maximum atomic E-state index is 12.6. The molecule has 0 bridgehead atoms. The molecule has 2 N–H and O–H groups in total. The molecule has 0 aromatic heterocycles. The number of allylic oxidation sites excluding steroid dienone is 2. The molecule has 0 saturated carbocycles. The van der Waals surface area contributed by atoms with E-state index in [1.807, 2.05) is 0 Å². The first-order chi connectivity index (χ1) is 9.16. The van der Waals surface area contributed by atoms with Crippen LogP contribution in [-0.4, -0.2) is 11.0 Å². The van der Waals surface area contributed by atoms with Gasteiger partial charge in [0, 0.05) is 15.8 Å². The lowest BCUT2D eigenvalue weighted by Crippen LogP contribution is -2.13. The molecule has 0 saturated heterocycles. The Bertz CT molecular complexity index is 589. The van der Waals surface area contributed by atoms with Crippen LogP contribution in [0.1, 0.15) is 29.6 Å². The highest BCUT2D eigenvalue weighted by Gasteiger charge is 2.34. The van der Waals surface area contributed by atoms with E-state index in [0.29, 0.717) is 26.4 Å². The summed E-state index contributed by atoms with van der Waals surface area (Å²) in [6, 6.07) is 6.99. The smallest absolute Gasteiger partial charge is 0.195 e. The summed E-state index contributed by atoms with van der Waals surface area (Å²) in [7, 11) is 0. The van der Waals surface area contributed by atoms with E-state index in [-0.39, 0.29) is 5.78 Å². The zero-order valence-electron chi connectivity index (χ0n) is 10.4. The summed E-state index contributed by atoms with van der Waals surface area (Å²) < 4.78 is 0. The normalized spacial score (nSPS) is 22.2. The SMILES string of the molecule is NC1=C(C(=O)c2ccc(Cl)cc2)C2=CCCCC2S1. The summed E-state index contributed by atoms with van der Waals surface area (Å²) in [5.41, 5.74) is 8.55. The van der Waals surface area contributed by atoms with Crippen molar-refractivity contribution < 1.29 is 4.79 Å². The molecule has 4 heteroatoms. The van der Waals surface area contributed by atoms with Gasteiger partial charge in [0.1, 0.15) is 0 Å².